The average molecular weight is 252 g/mol. The van der Waals surface area contributed by atoms with Crippen LogP contribution >= 0.6 is 11.6 Å². The fourth-order valence-electron chi connectivity index (χ4n) is 1.22. The molecule has 1 heterocycles. The predicted molar refractivity (Wildman–Crippen MR) is 64.2 cm³/mol. The Balaban J connectivity index is 1.86. The van der Waals surface area contributed by atoms with Crippen LogP contribution in [0.4, 0.5) is 5.69 Å². The molecule has 88 valence electrons. The molecule has 0 atom stereocenters. The summed E-state index contributed by atoms with van der Waals surface area (Å²) in [5, 5.41) is 9.38. The normalized spacial score (nSPS) is 9.94. The topological polar surface area (TPSA) is 67.0 Å². The zero-order valence-corrected chi connectivity index (χ0v) is 9.57. The minimum atomic E-state index is -0.272. The van der Waals surface area contributed by atoms with Crippen LogP contribution in [0.5, 0.6) is 5.75 Å². The number of H-pyrrole nitrogens is 1. The lowest BCUT2D eigenvalue weighted by molar-refractivity contribution is -0.118. The molecule has 0 radical (unpaired) electrons. The Morgan fingerprint density at radius 2 is 2.29 bits per heavy atom. The molecule has 0 aliphatic rings. The number of rotatable bonds is 4. The number of aromatic nitrogens is 2. The maximum Gasteiger partial charge on any atom is 0.262 e. The first kappa shape index (κ1) is 11.5. The number of anilines is 1. The first-order valence-corrected chi connectivity index (χ1v) is 5.29. The van der Waals surface area contributed by atoms with E-state index in [0.29, 0.717) is 16.5 Å². The lowest BCUT2D eigenvalue weighted by Gasteiger charge is -2.07. The molecule has 0 saturated heterocycles. The van der Waals surface area contributed by atoms with Gasteiger partial charge in [-0.2, -0.15) is 5.10 Å². The maximum atomic E-state index is 11.5. The minimum absolute atomic E-state index is 0.102. The quantitative estimate of drug-likeness (QED) is 0.874. The summed E-state index contributed by atoms with van der Waals surface area (Å²) in [6, 6.07) is 6.98. The molecule has 0 spiro atoms. The molecular weight excluding hydrogens is 242 g/mol. The van der Waals surface area contributed by atoms with E-state index in [2.05, 4.69) is 15.5 Å². The number of halogens is 1. The van der Waals surface area contributed by atoms with Crippen LogP contribution in [-0.2, 0) is 4.79 Å². The number of hydrogen-bond donors (Lipinski definition) is 2. The van der Waals surface area contributed by atoms with Gasteiger partial charge in [0.1, 0.15) is 5.75 Å². The second-order valence-electron chi connectivity index (χ2n) is 3.25. The van der Waals surface area contributed by atoms with E-state index in [4.69, 9.17) is 16.3 Å². The number of hydrogen-bond acceptors (Lipinski definition) is 3. The van der Waals surface area contributed by atoms with E-state index in [9.17, 15) is 4.79 Å². The lowest BCUT2D eigenvalue weighted by Crippen LogP contribution is -2.19. The number of benzene rings is 1. The van der Waals surface area contributed by atoms with Gasteiger partial charge in [0.15, 0.2) is 6.61 Å². The molecule has 2 N–H and O–H groups in total. The van der Waals surface area contributed by atoms with Crippen LogP contribution < -0.4 is 10.1 Å². The van der Waals surface area contributed by atoms with E-state index in [1.807, 2.05) is 0 Å². The van der Waals surface area contributed by atoms with E-state index in [1.165, 1.54) is 6.20 Å². The fraction of sp³-hybridized carbons (Fsp3) is 0.0909. The zero-order valence-electron chi connectivity index (χ0n) is 8.81. The van der Waals surface area contributed by atoms with Crippen molar-refractivity contribution in [2.45, 2.75) is 0 Å². The van der Waals surface area contributed by atoms with Gasteiger partial charge >= 0.3 is 0 Å². The van der Waals surface area contributed by atoms with Crippen molar-refractivity contribution >= 4 is 23.2 Å². The number of carbonyl (C=O) groups excluding carboxylic acids is 1. The molecular formula is C11H10ClN3O2. The number of nitrogens with one attached hydrogen (secondary N) is 2. The van der Waals surface area contributed by atoms with Gasteiger partial charge in [-0.15, -0.1) is 0 Å². The zero-order chi connectivity index (χ0) is 12.1. The Labute approximate surface area is 103 Å². The molecule has 2 aromatic rings. The molecule has 1 amide bonds. The van der Waals surface area contributed by atoms with Crippen LogP contribution in [0.25, 0.3) is 0 Å². The summed E-state index contributed by atoms with van der Waals surface area (Å²) >= 11 is 5.88. The molecule has 0 unspecified atom stereocenters. The highest BCUT2D eigenvalue weighted by atomic mass is 35.5. The minimum Gasteiger partial charge on any atom is -0.482 e. The number of amides is 1. The van der Waals surface area contributed by atoms with E-state index in [-0.39, 0.29) is 12.5 Å². The number of para-hydroxylation sites is 1. The van der Waals surface area contributed by atoms with E-state index >= 15 is 0 Å². The van der Waals surface area contributed by atoms with Crippen molar-refractivity contribution in [3.63, 3.8) is 0 Å². The van der Waals surface area contributed by atoms with Crippen LogP contribution in [0.1, 0.15) is 0 Å². The highest BCUT2D eigenvalue weighted by Gasteiger charge is 2.05. The van der Waals surface area contributed by atoms with Crippen LogP contribution in [0.2, 0.25) is 5.02 Å². The molecule has 17 heavy (non-hydrogen) atoms. The van der Waals surface area contributed by atoms with Crippen molar-refractivity contribution in [1.29, 1.82) is 0 Å². The van der Waals surface area contributed by atoms with E-state index in [1.54, 1.807) is 30.5 Å². The van der Waals surface area contributed by atoms with Gasteiger partial charge in [-0.05, 0) is 12.1 Å². The van der Waals surface area contributed by atoms with E-state index in [0.717, 1.165) is 0 Å². The highest BCUT2D eigenvalue weighted by molar-refractivity contribution is 6.32. The monoisotopic (exact) mass is 251 g/mol. The largest absolute Gasteiger partial charge is 0.482 e. The summed E-state index contributed by atoms with van der Waals surface area (Å²) in [6.07, 6.45) is 3.08. The Bertz CT molecular complexity index is 499. The van der Waals surface area contributed by atoms with Crippen molar-refractivity contribution < 1.29 is 9.53 Å². The summed E-state index contributed by atoms with van der Waals surface area (Å²) < 4.78 is 5.27. The SMILES string of the molecule is O=C(COc1ccccc1Cl)Nc1cn[nH]c1. The van der Waals surface area contributed by atoms with Crippen LogP contribution in [0, 0.1) is 0 Å². The first-order valence-electron chi connectivity index (χ1n) is 4.91. The summed E-state index contributed by atoms with van der Waals surface area (Å²) in [4.78, 5) is 11.5. The second-order valence-corrected chi connectivity index (χ2v) is 3.66. The molecule has 6 heteroatoms. The van der Waals surface area contributed by atoms with Crippen LogP contribution in [0.15, 0.2) is 36.7 Å². The Hall–Kier alpha value is -2.01. The molecule has 0 bridgehead atoms. The molecule has 1 aromatic heterocycles. The van der Waals surface area contributed by atoms with Gasteiger partial charge in [-0.25, -0.2) is 0 Å². The predicted octanol–water partition coefficient (Wildman–Crippen LogP) is 2.08. The lowest BCUT2D eigenvalue weighted by atomic mass is 10.3. The molecule has 0 saturated carbocycles. The highest BCUT2D eigenvalue weighted by Crippen LogP contribution is 2.22. The second kappa shape index (κ2) is 5.36. The summed E-state index contributed by atoms with van der Waals surface area (Å²) in [5.74, 6) is 0.211. The van der Waals surface area contributed by atoms with E-state index < -0.39 is 0 Å². The summed E-state index contributed by atoms with van der Waals surface area (Å²) in [5.41, 5.74) is 0.595. The van der Waals surface area contributed by atoms with Gasteiger partial charge in [0.2, 0.25) is 0 Å². The van der Waals surface area contributed by atoms with Gasteiger partial charge < -0.3 is 10.1 Å². The standard InChI is InChI=1S/C11H10ClN3O2/c12-9-3-1-2-4-10(9)17-7-11(16)15-8-5-13-14-6-8/h1-6H,7H2,(H,13,14)(H,15,16). The number of carbonyl (C=O) groups is 1. The van der Waals surface area contributed by atoms with Crippen molar-refractivity contribution in [2.75, 3.05) is 11.9 Å². The summed E-state index contributed by atoms with van der Waals surface area (Å²) in [7, 11) is 0. The van der Waals surface area contributed by atoms with Crippen molar-refractivity contribution in [3.8, 4) is 5.75 Å². The fourth-order valence-corrected chi connectivity index (χ4v) is 1.41. The third-order valence-electron chi connectivity index (χ3n) is 1.98. The molecule has 0 aliphatic carbocycles. The van der Waals surface area contributed by atoms with Gasteiger partial charge in [0.05, 0.1) is 16.9 Å². The number of ether oxygens (including phenoxy) is 1. The molecule has 0 fully saturated rings. The Morgan fingerprint density at radius 1 is 1.47 bits per heavy atom. The van der Waals surface area contributed by atoms with Gasteiger partial charge in [-0.1, -0.05) is 23.7 Å². The molecule has 0 aliphatic heterocycles. The third kappa shape index (κ3) is 3.22. The van der Waals surface area contributed by atoms with Crippen molar-refractivity contribution in [2.24, 2.45) is 0 Å². The average Bonchev–Trinajstić information content (AvgIpc) is 2.81. The van der Waals surface area contributed by atoms with Crippen LogP contribution in [0.3, 0.4) is 0 Å². The molecule has 1 aromatic carbocycles. The Kier molecular flexibility index (Phi) is 3.62. The van der Waals surface area contributed by atoms with Crippen LogP contribution in [-0.4, -0.2) is 22.7 Å². The van der Waals surface area contributed by atoms with Crippen molar-refractivity contribution in [1.82, 2.24) is 10.2 Å². The first-order chi connectivity index (χ1) is 8.25. The van der Waals surface area contributed by atoms with Gasteiger partial charge in [0.25, 0.3) is 5.91 Å². The number of nitrogens with zero attached hydrogens (tertiary/aromatic N) is 1. The Morgan fingerprint density at radius 3 is 3.00 bits per heavy atom. The molecule has 2 rings (SSSR count). The summed E-state index contributed by atoms with van der Waals surface area (Å²) in [6.45, 7) is -0.102. The van der Waals surface area contributed by atoms with Gasteiger partial charge in [-0.3, -0.25) is 9.89 Å². The maximum absolute atomic E-state index is 11.5. The third-order valence-corrected chi connectivity index (χ3v) is 2.29. The smallest absolute Gasteiger partial charge is 0.262 e. The number of aromatic amines is 1. The van der Waals surface area contributed by atoms with Crippen molar-refractivity contribution in [3.05, 3.63) is 41.7 Å². The van der Waals surface area contributed by atoms with Gasteiger partial charge in [0, 0.05) is 6.20 Å². The molecule has 5 nitrogen and oxygen atoms in total.